The van der Waals surface area contributed by atoms with Crippen molar-refractivity contribution >= 4 is 33.7 Å². The molecule has 29 heavy (non-hydrogen) atoms. The summed E-state index contributed by atoms with van der Waals surface area (Å²) in [7, 11) is 0. The van der Waals surface area contributed by atoms with Crippen LogP contribution in [0.1, 0.15) is 58.2 Å². The fourth-order valence-electron chi connectivity index (χ4n) is 3.67. The average molecular weight is 383 g/mol. The molecule has 0 spiro atoms. The Balaban J connectivity index is 1.97. The lowest BCUT2D eigenvalue weighted by atomic mass is 9.84. The van der Waals surface area contributed by atoms with Crippen LogP contribution in [0.4, 0.5) is 5.69 Å². The first kappa shape index (κ1) is 19.4. The minimum Gasteiger partial charge on any atom is -0.353 e. The second kappa shape index (κ2) is 6.88. The van der Waals surface area contributed by atoms with Crippen molar-refractivity contribution in [3.8, 4) is 0 Å². The van der Waals surface area contributed by atoms with E-state index >= 15 is 0 Å². The maximum absolute atomic E-state index is 4.89. The molecule has 148 valence electrons. The van der Waals surface area contributed by atoms with Crippen LogP contribution in [0.5, 0.6) is 0 Å². The van der Waals surface area contributed by atoms with Crippen LogP contribution in [-0.2, 0) is 10.8 Å². The summed E-state index contributed by atoms with van der Waals surface area (Å²) in [5, 5.41) is 2.52. The monoisotopic (exact) mass is 382 g/mol. The summed E-state index contributed by atoms with van der Waals surface area (Å²) in [4.78, 5) is 8.52. The molecule has 0 aliphatic carbocycles. The zero-order chi connectivity index (χ0) is 20.8. The van der Waals surface area contributed by atoms with Crippen LogP contribution in [0.15, 0.2) is 65.7 Å². The van der Waals surface area contributed by atoms with Gasteiger partial charge in [0.15, 0.2) is 0 Å². The Hall–Kier alpha value is -2.87. The van der Waals surface area contributed by atoms with Crippen LogP contribution < -0.4 is 0 Å². The number of aromatic amines is 1. The van der Waals surface area contributed by atoms with E-state index in [1.807, 2.05) is 24.4 Å². The molecule has 0 aliphatic rings. The highest BCUT2D eigenvalue weighted by Crippen LogP contribution is 2.38. The second-order valence-corrected chi connectivity index (χ2v) is 9.97. The standard InChI is InChI=1S/C27H30N2/c1-26(2,3)19-12-13-23-21(14-19)22-15-20(27(4,5)6)16-24(25(22)29-23)28-17-18-10-8-7-9-11-18/h7-17,29H,1-6H3. The fraction of sp³-hybridized carbons (Fsp3) is 0.296. The Morgan fingerprint density at radius 1 is 0.724 bits per heavy atom. The van der Waals surface area contributed by atoms with Gasteiger partial charge in [-0.2, -0.15) is 0 Å². The lowest BCUT2D eigenvalue weighted by molar-refractivity contribution is 0.590. The number of aromatic nitrogens is 1. The number of hydrogen-bond acceptors (Lipinski definition) is 1. The SMILES string of the molecule is CC(C)(C)c1ccc2[nH]c3c(N=Cc4ccccc4)cc(C(C)(C)C)cc3c2c1. The summed E-state index contributed by atoms with van der Waals surface area (Å²) in [6, 6.07) is 21.6. The number of benzene rings is 3. The van der Waals surface area contributed by atoms with Gasteiger partial charge >= 0.3 is 0 Å². The first-order chi connectivity index (χ1) is 13.6. The van der Waals surface area contributed by atoms with Gasteiger partial charge in [-0.3, -0.25) is 4.99 Å². The largest absolute Gasteiger partial charge is 0.353 e. The lowest BCUT2D eigenvalue weighted by Crippen LogP contribution is -2.11. The van der Waals surface area contributed by atoms with E-state index in [0.717, 1.165) is 22.3 Å². The summed E-state index contributed by atoms with van der Waals surface area (Å²) in [5.74, 6) is 0. The molecule has 3 aromatic carbocycles. The van der Waals surface area contributed by atoms with Crippen LogP contribution in [0.2, 0.25) is 0 Å². The average Bonchev–Trinajstić information content (AvgIpc) is 3.03. The molecule has 0 fully saturated rings. The van der Waals surface area contributed by atoms with Crippen LogP contribution in [0.25, 0.3) is 21.8 Å². The van der Waals surface area contributed by atoms with Crippen molar-refractivity contribution in [2.75, 3.05) is 0 Å². The first-order valence-electron chi connectivity index (χ1n) is 10.3. The van der Waals surface area contributed by atoms with E-state index < -0.39 is 0 Å². The molecule has 0 atom stereocenters. The number of aliphatic imine (C=N–C) groups is 1. The van der Waals surface area contributed by atoms with Crippen molar-refractivity contribution in [3.05, 3.63) is 77.4 Å². The first-order valence-corrected chi connectivity index (χ1v) is 10.3. The highest BCUT2D eigenvalue weighted by molar-refractivity contribution is 6.11. The highest BCUT2D eigenvalue weighted by Gasteiger charge is 2.20. The molecular formula is C27H30N2. The van der Waals surface area contributed by atoms with Crippen LogP contribution >= 0.6 is 0 Å². The summed E-state index contributed by atoms with van der Waals surface area (Å²) in [6.45, 7) is 13.6. The molecule has 1 aromatic heterocycles. The third-order valence-electron chi connectivity index (χ3n) is 5.57. The zero-order valence-corrected chi connectivity index (χ0v) is 18.3. The summed E-state index contributed by atoms with van der Waals surface area (Å²) < 4.78 is 0. The van der Waals surface area contributed by atoms with Gasteiger partial charge in [-0.15, -0.1) is 0 Å². The van der Waals surface area contributed by atoms with Gasteiger partial charge in [-0.05, 0) is 51.8 Å². The van der Waals surface area contributed by atoms with Crippen LogP contribution in [0.3, 0.4) is 0 Å². The molecule has 2 nitrogen and oxygen atoms in total. The highest BCUT2D eigenvalue weighted by atomic mass is 14.8. The number of nitrogens with zero attached hydrogens (tertiary/aromatic N) is 1. The number of hydrogen-bond donors (Lipinski definition) is 1. The quantitative estimate of drug-likeness (QED) is 0.345. The van der Waals surface area contributed by atoms with Gasteiger partial charge in [0.1, 0.15) is 0 Å². The molecule has 0 radical (unpaired) electrons. The molecule has 4 aromatic rings. The van der Waals surface area contributed by atoms with Gasteiger partial charge in [0.05, 0.1) is 11.2 Å². The van der Waals surface area contributed by atoms with Gasteiger partial charge in [0.2, 0.25) is 0 Å². The van der Waals surface area contributed by atoms with Gasteiger partial charge in [-0.25, -0.2) is 0 Å². The lowest BCUT2D eigenvalue weighted by Gasteiger charge is -2.20. The van der Waals surface area contributed by atoms with E-state index in [9.17, 15) is 0 Å². The number of fused-ring (bicyclic) bond motifs is 3. The predicted molar refractivity (Wildman–Crippen MR) is 127 cm³/mol. The molecule has 0 bridgehead atoms. The van der Waals surface area contributed by atoms with Crippen molar-refractivity contribution < 1.29 is 0 Å². The Morgan fingerprint density at radius 2 is 1.38 bits per heavy atom. The van der Waals surface area contributed by atoms with Gasteiger partial charge in [0, 0.05) is 22.5 Å². The van der Waals surface area contributed by atoms with Crippen LogP contribution in [0, 0.1) is 0 Å². The molecule has 1 heterocycles. The minimum atomic E-state index is 0.0520. The summed E-state index contributed by atoms with van der Waals surface area (Å²) >= 11 is 0. The molecule has 0 amide bonds. The van der Waals surface area contributed by atoms with Crippen molar-refractivity contribution in [1.82, 2.24) is 4.98 Å². The molecule has 1 N–H and O–H groups in total. The smallest absolute Gasteiger partial charge is 0.0874 e. The van der Waals surface area contributed by atoms with Crippen molar-refractivity contribution in [2.45, 2.75) is 52.4 Å². The van der Waals surface area contributed by atoms with E-state index in [0.29, 0.717) is 0 Å². The molecule has 0 saturated carbocycles. The van der Waals surface area contributed by atoms with Crippen molar-refractivity contribution in [2.24, 2.45) is 4.99 Å². The Morgan fingerprint density at radius 3 is 2.03 bits per heavy atom. The van der Waals surface area contributed by atoms with E-state index in [1.165, 1.54) is 21.9 Å². The predicted octanol–water partition coefficient (Wildman–Crippen LogP) is 7.67. The maximum Gasteiger partial charge on any atom is 0.0874 e. The number of H-pyrrole nitrogens is 1. The van der Waals surface area contributed by atoms with E-state index in [-0.39, 0.29) is 10.8 Å². The maximum atomic E-state index is 4.89. The number of rotatable bonds is 2. The molecule has 0 saturated heterocycles. The van der Waals surface area contributed by atoms with Gasteiger partial charge < -0.3 is 4.98 Å². The minimum absolute atomic E-state index is 0.0520. The summed E-state index contributed by atoms with van der Waals surface area (Å²) in [6.07, 6.45) is 1.95. The molecule has 2 heteroatoms. The van der Waals surface area contributed by atoms with E-state index in [4.69, 9.17) is 4.99 Å². The van der Waals surface area contributed by atoms with Crippen molar-refractivity contribution in [1.29, 1.82) is 0 Å². The summed E-state index contributed by atoms with van der Waals surface area (Å²) in [5.41, 5.74) is 7.18. The van der Waals surface area contributed by atoms with Gasteiger partial charge in [0.25, 0.3) is 0 Å². The topological polar surface area (TPSA) is 28.1 Å². The third-order valence-corrected chi connectivity index (χ3v) is 5.57. The Bertz CT molecular complexity index is 1200. The molecule has 0 unspecified atom stereocenters. The molecule has 4 rings (SSSR count). The Labute approximate surface area is 173 Å². The molecule has 0 aliphatic heterocycles. The van der Waals surface area contributed by atoms with Gasteiger partial charge in [-0.1, -0.05) is 77.9 Å². The normalized spacial score (nSPS) is 13.0. The Kier molecular flexibility index (Phi) is 4.61. The third kappa shape index (κ3) is 3.85. The van der Waals surface area contributed by atoms with Crippen LogP contribution in [-0.4, -0.2) is 11.2 Å². The van der Waals surface area contributed by atoms with Crippen molar-refractivity contribution in [3.63, 3.8) is 0 Å². The second-order valence-electron chi connectivity index (χ2n) is 9.97. The molecular weight excluding hydrogens is 352 g/mol. The fourth-order valence-corrected chi connectivity index (χ4v) is 3.67. The zero-order valence-electron chi connectivity index (χ0n) is 18.3. The van der Waals surface area contributed by atoms with E-state index in [1.54, 1.807) is 0 Å². The van der Waals surface area contributed by atoms with E-state index in [2.05, 4.69) is 89.0 Å². The number of nitrogens with one attached hydrogen (secondary N) is 1.